The SMILES string of the molecule is CCn1ncc2c(NCc3ccc(OC)cc3)c3cc(OC)ccc3nc21. The van der Waals surface area contributed by atoms with Crippen LogP contribution in [0.25, 0.3) is 21.9 Å². The van der Waals surface area contributed by atoms with Crippen LogP contribution in [0.15, 0.2) is 48.7 Å². The van der Waals surface area contributed by atoms with Gasteiger partial charge in [0.15, 0.2) is 5.65 Å². The Morgan fingerprint density at radius 1 is 0.963 bits per heavy atom. The summed E-state index contributed by atoms with van der Waals surface area (Å²) in [5.74, 6) is 1.66. The fourth-order valence-electron chi connectivity index (χ4n) is 3.23. The molecule has 0 atom stereocenters. The second-order valence-electron chi connectivity index (χ2n) is 6.27. The summed E-state index contributed by atoms with van der Waals surface area (Å²) in [5.41, 5.74) is 3.98. The number of benzene rings is 2. The monoisotopic (exact) mass is 362 g/mol. The number of hydrogen-bond donors (Lipinski definition) is 1. The van der Waals surface area contributed by atoms with Gasteiger partial charge in [0.2, 0.25) is 0 Å². The molecule has 0 bridgehead atoms. The summed E-state index contributed by atoms with van der Waals surface area (Å²) in [4.78, 5) is 4.81. The maximum Gasteiger partial charge on any atom is 0.160 e. The Bertz CT molecular complexity index is 1090. The normalized spacial score (nSPS) is 11.1. The van der Waals surface area contributed by atoms with Crippen molar-refractivity contribution in [2.45, 2.75) is 20.0 Å². The highest BCUT2D eigenvalue weighted by molar-refractivity contribution is 6.06. The van der Waals surface area contributed by atoms with E-state index in [1.807, 2.05) is 41.2 Å². The van der Waals surface area contributed by atoms with E-state index in [1.165, 1.54) is 5.56 Å². The zero-order valence-electron chi connectivity index (χ0n) is 15.7. The third-order valence-electron chi connectivity index (χ3n) is 4.71. The highest BCUT2D eigenvalue weighted by atomic mass is 16.5. The molecule has 27 heavy (non-hydrogen) atoms. The molecule has 1 N–H and O–H groups in total. The highest BCUT2D eigenvalue weighted by Gasteiger charge is 2.14. The minimum absolute atomic E-state index is 0.687. The smallest absolute Gasteiger partial charge is 0.160 e. The lowest BCUT2D eigenvalue weighted by Gasteiger charge is -2.13. The van der Waals surface area contributed by atoms with Crippen LogP contribution in [-0.2, 0) is 13.1 Å². The highest BCUT2D eigenvalue weighted by Crippen LogP contribution is 2.33. The molecular formula is C21H22N4O2. The number of rotatable bonds is 6. The summed E-state index contributed by atoms with van der Waals surface area (Å²) in [7, 11) is 3.35. The van der Waals surface area contributed by atoms with E-state index < -0.39 is 0 Å². The average Bonchev–Trinajstić information content (AvgIpc) is 3.13. The van der Waals surface area contributed by atoms with Gasteiger partial charge in [-0.2, -0.15) is 5.10 Å². The van der Waals surface area contributed by atoms with Gasteiger partial charge < -0.3 is 14.8 Å². The first kappa shape index (κ1) is 17.1. The molecular weight excluding hydrogens is 340 g/mol. The Hall–Kier alpha value is -3.28. The molecule has 4 aromatic rings. The summed E-state index contributed by atoms with van der Waals surface area (Å²) in [5, 5.41) is 10.1. The van der Waals surface area contributed by atoms with E-state index in [1.54, 1.807) is 14.2 Å². The molecule has 0 saturated carbocycles. The molecule has 0 saturated heterocycles. The molecule has 6 heteroatoms. The molecule has 0 radical (unpaired) electrons. The maximum absolute atomic E-state index is 5.41. The molecule has 138 valence electrons. The first-order valence-corrected chi connectivity index (χ1v) is 8.93. The summed E-state index contributed by atoms with van der Waals surface area (Å²) < 4.78 is 12.6. The Morgan fingerprint density at radius 2 is 1.70 bits per heavy atom. The van der Waals surface area contributed by atoms with Crippen molar-refractivity contribution in [3.8, 4) is 11.5 Å². The van der Waals surface area contributed by atoms with Crippen molar-refractivity contribution < 1.29 is 9.47 Å². The zero-order chi connectivity index (χ0) is 18.8. The van der Waals surface area contributed by atoms with Crippen LogP contribution in [0, 0.1) is 0 Å². The van der Waals surface area contributed by atoms with Gasteiger partial charge in [-0.3, -0.25) is 0 Å². The van der Waals surface area contributed by atoms with Crippen molar-refractivity contribution in [1.29, 1.82) is 0 Å². The number of nitrogens with zero attached hydrogens (tertiary/aromatic N) is 3. The van der Waals surface area contributed by atoms with E-state index in [9.17, 15) is 0 Å². The lowest BCUT2D eigenvalue weighted by molar-refractivity contribution is 0.414. The van der Waals surface area contributed by atoms with Crippen LogP contribution in [0.3, 0.4) is 0 Å². The molecule has 0 aliphatic rings. The third-order valence-corrected chi connectivity index (χ3v) is 4.71. The van der Waals surface area contributed by atoms with Gasteiger partial charge in [0.25, 0.3) is 0 Å². The molecule has 0 spiro atoms. The number of aryl methyl sites for hydroxylation is 1. The van der Waals surface area contributed by atoms with E-state index in [2.05, 4.69) is 29.5 Å². The molecule has 2 aromatic carbocycles. The topological polar surface area (TPSA) is 61.2 Å². The fraction of sp³-hybridized carbons (Fsp3) is 0.238. The predicted molar refractivity (Wildman–Crippen MR) is 108 cm³/mol. The number of methoxy groups -OCH3 is 2. The van der Waals surface area contributed by atoms with Gasteiger partial charge in [0.05, 0.1) is 37.0 Å². The third kappa shape index (κ3) is 3.14. The summed E-state index contributed by atoms with van der Waals surface area (Å²) >= 11 is 0. The number of aromatic nitrogens is 3. The second kappa shape index (κ2) is 7.15. The quantitative estimate of drug-likeness (QED) is 0.556. The predicted octanol–water partition coefficient (Wildman–Crippen LogP) is 4.23. The van der Waals surface area contributed by atoms with E-state index in [-0.39, 0.29) is 0 Å². The van der Waals surface area contributed by atoms with Crippen molar-refractivity contribution in [3.05, 3.63) is 54.2 Å². The molecule has 0 fully saturated rings. The Kier molecular flexibility index (Phi) is 4.54. The van der Waals surface area contributed by atoms with Crippen molar-refractivity contribution in [3.63, 3.8) is 0 Å². The van der Waals surface area contributed by atoms with Crippen molar-refractivity contribution in [1.82, 2.24) is 14.8 Å². The minimum atomic E-state index is 0.687. The maximum atomic E-state index is 5.41. The number of nitrogens with one attached hydrogen (secondary N) is 1. The molecule has 2 aromatic heterocycles. The Morgan fingerprint density at radius 3 is 2.41 bits per heavy atom. The number of anilines is 1. The lowest BCUT2D eigenvalue weighted by Crippen LogP contribution is -2.03. The lowest BCUT2D eigenvalue weighted by atomic mass is 10.1. The molecule has 0 amide bonds. The molecule has 6 nitrogen and oxygen atoms in total. The van der Waals surface area contributed by atoms with Gasteiger partial charge in [-0.1, -0.05) is 12.1 Å². The van der Waals surface area contributed by atoms with Crippen LogP contribution in [0.2, 0.25) is 0 Å². The molecule has 0 unspecified atom stereocenters. The number of fused-ring (bicyclic) bond motifs is 2. The molecule has 0 aliphatic carbocycles. The van der Waals surface area contributed by atoms with Gasteiger partial charge in [-0.15, -0.1) is 0 Å². The largest absolute Gasteiger partial charge is 0.497 e. The van der Waals surface area contributed by atoms with Crippen LogP contribution in [0.1, 0.15) is 12.5 Å². The van der Waals surface area contributed by atoms with Crippen LogP contribution in [-0.4, -0.2) is 29.0 Å². The standard InChI is InChI=1S/C21H22N4O2/c1-4-25-21-18(13-23-25)20(17-11-16(27-3)9-10-19(17)24-21)22-12-14-5-7-15(26-2)8-6-14/h5-11,13H,4,12H2,1-3H3,(H,22,24). The van der Waals surface area contributed by atoms with E-state index in [0.29, 0.717) is 6.54 Å². The summed E-state index contributed by atoms with van der Waals surface area (Å²) in [6, 6.07) is 14.0. The molecule has 2 heterocycles. The Labute approximate surface area is 157 Å². The van der Waals surface area contributed by atoms with Crippen LogP contribution >= 0.6 is 0 Å². The first-order chi connectivity index (χ1) is 13.2. The average molecular weight is 362 g/mol. The van der Waals surface area contributed by atoms with Gasteiger partial charge in [-0.05, 0) is 42.8 Å². The van der Waals surface area contributed by atoms with E-state index in [4.69, 9.17) is 14.5 Å². The van der Waals surface area contributed by atoms with Crippen molar-refractivity contribution >= 4 is 27.6 Å². The second-order valence-corrected chi connectivity index (χ2v) is 6.27. The van der Waals surface area contributed by atoms with E-state index >= 15 is 0 Å². The Balaban J connectivity index is 1.80. The van der Waals surface area contributed by atoms with Gasteiger partial charge in [0.1, 0.15) is 11.5 Å². The number of hydrogen-bond acceptors (Lipinski definition) is 5. The molecule has 0 aliphatic heterocycles. The van der Waals surface area contributed by atoms with Crippen molar-refractivity contribution in [2.24, 2.45) is 0 Å². The van der Waals surface area contributed by atoms with Crippen molar-refractivity contribution in [2.75, 3.05) is 19.5 Å². The minimum Gasteiger partial charge on any atom is -0.497 e. The van der Waals surface area contributed by atoms with E-state index in [0.717, 1.165) is 45.7 Å². The fourth-order valence-corrected chi connectivity index (χ4v) is 3.23. The van der Waals surface area contributed by atoms with Crippen LogP contribution in [0.4, 0.5) is 5.69 Å². The summed E-state index contributed by atoms with van der Waals surface area (Å²) in [6.07, 6.45) is 1.88. The van der Waals surface area contributed by atoms with Gasteiger partial charge in [0, 0.05) is 18.5 Å². The van der Waals surface area contributed by atoms with Gasteiger partial charge >= 0.3 is 0 Å². The first-order valence-electron chi connectivity index (χ1n) is 8.93. The number of pyridine rings is 1. The number of ether oxygens (including phenoxy) is 2. The van der Waals surface area contributed by atoms with Gasteiger partial charge in [-0.25, -0.2) is 9.67 Å². The molecule has 4 rings (SSSR count). The van der Waals surface area contributed by atoms with Crippen LogP contribution < -0.4 is 14.8 Å². The van der Waals surface area contributed by atoms with Crippen LogP contribution in [0.5, 0.6) is 11.5 Å². The zero-order valence-corrected chi connectivity index (χ0v) is 15.7. The summed E-state index contributed by atoms with van der Waals surface area (Å²) in [6.45, 7) is 3.53.